The highest BCUT2D eigenvalue weighted by Gasteiger charge is 2.29. The van der Waals surface area contributed by atoms with Gasteiger partial charge in [-0.2, -0.15) is 0 Å². The number of carbonyl (C=O) groups excluding carboxylic acids is 1. The molecule has 0 spiro atoms. The van der Waals surface area contributed by atoms with Gasteiger partial charge >= 0.3 is 0 Å². The van der Waals surface area contributed by atoms with Crippen molar-refractivity contribution in [3.05, 3.63) is 69.5 Å². The minimum absolute atomic E-state index is 0.0271. The van der Waals surface area contributed by atoms with Gasteiger partial charge in [0, 0.05) is 0 Å². The number of carbonyl (C=O) groups is 1. The lowest BCUT2D eigenvalue weighted by atomic mass is 10.0. The Bertz CT molecular complexity index is 782. The standard InChI is InChI=1S/C19H18O2/c1-11-7-14(4)18-16(8-11)21-17(19(18)20)10-15-6-5-12(2)13(3)9-15/h5-10H,1-4H3/b17-10-. The summed E-state index contributed by atoms with van der Waals surface area (Å²) >= 11 is 0. The van der Waals surface area contributed by atoms with E-state index < -0.39 is 0 Å². The highest BCUT2D eigenvalue weighted by atomic mass is 16.5. The molecule has 0 aromatic heterocycles. The number of fused-ring (bicyclic) bond motifs is 1. The fourth-order valence-electron chi connectivity index (χ4n) is 2.69. The zero-order valence-electron chi connectivity index (χ0n) is 12.8. The van der Waals surface area contributed by atoms with Gasteiger partial charge in [0.25, 0.3) is 0 Å². The molecule has 1 aliphatic rings. The molecule has 1 aliphatic heterocycles. The van der Waals surface area contributed by atoms with Gasteiger partial charge in [0.1, 0.15) is 5.75 Å². The van der Waals surface area contributed by atoms with Crippen molar-refractivity contribution in [1.29, 1.82) is 0 Å². The van der Waals surface area contributed by atoms with Crippen LogP contribution in [0.3, 0.4) is 0 Å². The van der Waals surface area contributed by atoms with E-state index in [0.717, 1.165) is 16.7 Å². The normalized spacial score (nSPS) is 15.2. The van der Waals surface area contributed by atoms with E-state index in [0.29, 0.717) is 17.1 Å². The number of aryl methyl sites for hydroxylation is 4. The van der Waals surface area contributed by atoms with E-state index in [1.165, 1.54) is 11.1 Å². The monoisotopic (exact) mass is 278 g/mol. The van der Waals surface area contributed by atoms with Crippen LogP contribution < -0.4 is 4.74 Å². The molecule has 21 heavy (non-hydrogen) atoms. The molecule has 0 aliphatic carbocycles. The average molecular weight is 278 g/mol. The third kappa shape index (κ3) is 2.38. The number of Topliss-reactive ketones (excluding diaryl/α,β-unsaturated/α-hetero) is 1. The second kappa shape index (κ2) is 4.88. The third-order valence-electron chi connectivity index (χ3n) is 3.94. The van der Waals surface area contributed by atoms with E-state index in [-0.39, 0.29) is 5.78 Å². The first-order valence-electron chi connectivity index (χ1n) is 7.08. The summed E-state index contributed by atoms with van der Waals surface area (Å²) < 4.78 is 5.77. The molecule has 106 valence electrons. The predicted molar refractivity (Wildman–Crippen MR) is 84.8 cm³/mol. The van der Waals surface area contributed by atoms with Crippen LogP contribution >= 0.6 is 0 Å². The Morgan fingerprint density at radius 3 is 2.38 bits per heavy atom. The van der Waals surface area contributed by atoms with Crippen LogP contribution in [0.4, 0.5) is 0 Å². The smallest absolute Gasteiger partial charge is 0.232 e. The van der Waals surface area contributed by atoms with E-state index in [4.69, 9.17) is 4.74 Å². The van der Waals surface area contributed by atoms with Crippen molar-refractivity contribution in [3.63, 3.8) is 0 Å². The van der Waals surface area contributed by atoms with E-state index in [1.54, 1.807) is 0 Å². The molecule has 2 aromatic rings. The minimum Gasteiger partial charge on any atom is -0.452 e. The van der Waals surface area contributed by atoms with E-state index >= 15 is 0 Å². The second-order valence-electron chi connectivity index (χ2n) is 5.74. The minimum atomic E-state index is -0.0271. The van der Waals surface area contributed by atoms with Crippen molar-refractivity contribution in [2.45, 2.75) is 27.7 Å². The highest BCUT2D eigenvalue weighted by molar-refractivity contribution is 6.15. The van der Waals surface area contributed by atoms with Gasteiger partial charge in [0.2, 0.25) is 5.78 Å². The van der Waals surface area contributed by atoms with Crippen LogP contribution in [-0.4, -0.2) is 5.78 Å². The lowest BCUT2D eigenvalue weighted by Gasteiger charge is -2.03. The topological polar surface area (TPSA) is 26.3 Å². The molecule has 0 unspecified atom stereocenters. The van der Waals surface area contributed by atoms with Gasteiger partial charge < -0.3 is 4.74 Å². The van der Waals surface area contributed by atoms with E-state index in [2.05, 4.69) is 26.0 Å². The summed E-state index contributed by atoms with van der Waals surface area (Å²) in [5.74, 6) is 1.05. The van der Waals surface area contributed by atoms with Gasteiger partial charge in [-0.3, -0.25) is 4.79 Å². The Morgan fingerprint density at radius 2 is 1.67 bits per heavy atom. The van der Waals surface area contributed by atoms with Gasteiger partial charge in [0.15, 0.2) is 5.76 Å². The summed E-state index contributed by atoms with van der Waals surface area (Å²) in [4.78, 5) is 12.5. The van der Waals surface area contributed by atoms with Crippen LogP contribution in [-0.2, 0) is 0 Å². The summed E-state index contributed by atoms with van der Waals surface area (Å²) in [5.41, 5.74) is 6.20. The summed E-state index contributed by atoms with van der Waals surface area (Å²) in [5, 5.41) is 0. The maximum absolute atomic E-state index is 12.5. The Morgan fingerprint density at radius 1 is 0.905 bits per heavy atom. The molecule has 0 saturated carbocycles. The summed E-state index contributed by atoms with van der Waals surface area (Å²) in [6.07, 6.45) is 1.82. The number of allylic oxidation sites excluding steroid dienone is 1. The molecule has 0 amide bonds. The zero-order chi connectivity index (χ0) is 15.1. The van der Waals surface area contributed by atoms with Gasteiger partial charge in [0.05, 0.1) is 5.56 Å². The van der Waals surface area contributed by atoms with Crippen molar-refractivity contribution in [2.24, 2.45) is 0 Å². The molecule has 0 bridgehead atoms. The van der Waals surface area contributed by atoms with Gasteiger partial charge in [-0.05, 0) is 67.7 Å². The second-order valence-corrected chi connectivity index (χ2v) is 5.74. The van der Waals surface area contributed by atoms with Crippen molar-refractivity contribution >= 4 is 11.9 Å². The van der Waals surface area contributed by atoms with Gasteiger partial charge in [-0.1, -0.05) is 24.3 Å². The molecule has 2 heteroatoms. The molecular weight excluding hydrogens is 260 g/mol. The predicted octanol–water partition coefficient (Wildman–Crippen LogP) is 4.54. The van der Waals surface area contributed by atoms with Crippen LogP contribution in [0.25, 0.3) is 6.08 Å². The molecule has 0 fully saturated rings. The number of ether oxygens (including phenoxy) is 1. The van der Waals surface area contributed by atoms with E-state index in [9.17, 15) is 4.79 Å². The molecule has 2 aromatic carbocycles. The van der Waals surface area contributed by atoms with Crippen LogP contribution in [0.2, 0.25) is 0 Å². The first-order valence-corrected chi connectivity index (χ1v) is 7.08. The number of benzene rings is 2. The van der Waals surface area contributed by atoms with Gasteiger partial charge in [-0.15, -0.1) is 0 Å². The quantitative estimate of drug-likeness (QED) is 0.716. The largest absolute Gasteiger partial charge is 0.452 e. The Labute approximate surface area is 125 Å². The molecule has 0 N–H and O–H groups in total. The molecule has 1 heterocycles. The SMILES string of the molecule is Cc1cc(C)c2c(c1)O/C(=C\c1ccc(C)c(C)c1)C2=O. The fourth-order valence-corrected chi connectivity index (χ4v) is 2.69. The molecular formula is C19H18O2. The maximum atomic E-state index is 12.5. The lowest BCUT2D eigenvalue weighted by molar-refractivity contribution is 0.101. The molecule has 2 nitrogen and oxygen atoms in total. The molecule has 0 atom stereocenters. The maximum Gasteiger partial charge on any atom is 0.232 e. The number of hydrogen-bond donors (Lipinski definition) is 0. The Balaban J connectivity index is 2.03. The van der Waals surface area contributed by atoms with Crippen molar-refractivity contribution in [1.82, 2.24) is 0 Å². The Hall–Kier alpha value is -2.35. The zero-order valence-corrected chi connectivity index (χ0v) is 12.8. The number of hydrogen-bond acceptors (Lipinski definition) is 2. The first kappa shape index (κ1) is 13.6. The summed E-state index contributed by atoms with van der Waals surface area (Å²) in [7, 11) is 0. The van der Waals surface area contributed by atoms with Crippen molar-refractivity contribution in [3.8, 4) is 5.75 Å². The average Bonchev–Trinajstić information content (AvgIpc) is 2.70. The summed E-state index contributed by atoms with van der Waals surface area (Å²) in [6, 6.07) is 10.1. The van der Waals surface area contributed by atoms with Crippen LogP contribution in [0.1, 0.15) is 38.2 Å². The Kier molecular flexibility index (Phi) is 3.17. The van der Waals surface area contributed by atoms with Gasteiger partial charge in [-0.25, -0.2) is 0 Å². The van der Waals surface area contributed by atoms with E-state index in [1.807, 2.05) is 38.1 Å². The van der Waals surface area contributed by atoms with Crippen molar-refractivity contribution in [2.75, 3.05) is 0 Å². The first-order chi connectivity index (χ1) is 9.95. The van der Waals surface area contributed by atoms with Crippen molar-refractivity contribution < 1.29 is 9.53 Å². The number of rotatable bonds is 1. The highest BCUT2D eigenvalue weighted by Crippen LogP contribution is 2.35. The molecule has 0 radical (unpaired) electrons. The lowest BCUT2D eigenvalue weighted by Crippen LogP contribution is -1.99. The third-order valence-corrected chi connectivity index (χ3v) is 3.94. The van der Waals surface area contributed by atoms with Crippen LogP contribution in [0.5, 0.6) is 5.75 Å². The molecule has 3 rings (SSSR count). The number of ketones is 1. The fraction of sp³-hybridized carbons (Fsp3) is 0.211. The van der Waals surface area contributed by atoms with Crippen LogP contribution in [0.15, 0.2) is 36.1 Å². The van der Waals surface area contributed by atoms with Crippen LogP contribution in [0, 0.1) is 27.7 Å². The molecule has 0 saturated heterocycles. The summed E-state index contributed by atoms with van der Waals surface area (Å²) in [6.45, 7) is 8.10.